The Bertz CT molecular complexity index is 786. The highest BCUT2D eigenvalue weighted by Crippen LogP contribution is 2.44. The lowest BCUT2D eigenvalue weighted by Crippen LogP contribution is -2.45. The van der Waals surface area contributed by atoms with Crippen molar-refractivity contribution in [2.75, 3.05) is 19.6 Å². The summed E-state index contributed by atoms with van der Waals surface area (Å²) in [6.45, 7) is 7.90. The van der Waals surface area contributed by atoms with E-state index in [2.05, 4.69) is 30.9 Å². The molecular formula is C26H36N2O2. The van der Waals surface area contributed by atoms with Crippen molar-refractivity contribution < 1.29 is 9.53 Å². The summed E-state index contributed by atoms with van der Waals surface area (Å²) in [5.74, 6) is 0.468. The molecule has 2 N–H and O–H groups in total. The van der Waals surface area contributed by atoms with E-state index in [1.807, 2.05) is 36.4 Å². The molecule has 4 nitrogen and oxygen atoms in total. The molecule has 1 atom stereocenters. The van der Waals surface area contributed by atoms with Gasteiger partial charge in [-0.25, -0.2) is 0 Å². The van der Waals surface area contributed by atoms with Gasteiger partial charge in [0.2, 0.25) is 5.91 Å². The van der Waals surface area contributed by atoms with Gasteiger partial charge >= 0.3 is 0 Å². The van der Waals surface area contributed by atoms with Crippen molar-refractivity contribution in [3.63, 3.8) is 0 Å². The third kappa shape index (κ3) is 4.70. The Labute approximate surface area is 181 Å². The zero-order valence-corrected chi connectivity index (χ0v) is 18.5. The maximum Gasteiger partial charge on any atom is 0.232 e. The van der Waals surface area contributed by atoms with Crippen LogP contribution >= 0.6 is 0 Å². The standard InChI is InChI=1S/C26H36N2O2/c1-3-5-11-18-28(17-6-4-2)19-16-26(25(27)29)22-13-8-7-12-21(22)20-30-24-15-10-9-14-23(24)26/h7-10,12-15H,3-6,11,16-20H2,1-2H3,(H2,27,29). The molecule has 0 aliphatic carbocycles. The SMILES string of the molecule is CCCCCN(CCCC)CCC1(C(N)=O)c2ccccc2COc2ccccc21. The second-order valence-electron chi connectivity index (χ2n) is 8.36. The first-order valence-corrected chi connectivity index (χ1v) is 11.5. The molecule has 1 heterocycles. The van der Waals surface area contributed by atoms with Gasteiger partial charge in [-0.05, 0) is 56.1 Å². The van der Waals surface area contributed by atoms with Crippen molar-refractivity contribution in [1.29, 1.82) is 0 Å². The van der Waals surface area contributed by atoms with Crippen molar-refractivity contribution in [3.05, 3.63) is 65.2 Å². The van der Waals surface area contributed by atoms with Crippen molar-refractivity contribution in [2.45, 2.75) is 64.4 Å². The lowest BCUT2D eigenvalue weighted by atomic mass is 9.69. The van der Waals surface area contributed by atoms with Gasteiger partial charge in [0.15, 0.2) is 0 Å². The summed E-state index contributed by atoms with van der Waals surface area (Å²) >= 11 is 0. The molecule has 0 spiro atoms. The van der Waals surface area contributed by atoms with Crippen LogP contribution in [0, 0.1) is 0 Å². The highest BCUT2D eigenvalue weighted by molar-refractivity contribution is 5.92. The van der Waals surface area contributed by atoms with Crippen LogP contribution in [0.15, 0.2) is 48.5 Å². The van der Waals surface area contributed by atoms with Crippen molar-refractivity contribution in [2.24, 2.45) is 5.73 Å². The number of rotatable bonds is 11. The van der Waals surface area contributed by atoms with Gasteiger partial charge < -0.3 is 15.4 Å². The zero-order valence-electron chi connectivity index (χ0n) is 18.5. The maximum absolute atomic E-state index is 13.2. The minimum absolute atomic E-state index is 0.295. The second-order valence-corrected chi connectivity index (χ2v) is 8.36. The number of para-hydroxylation sites is 1. The number of nitrogens with two attached hydrogens (primary N) is 1. The molecule has 0 aromatic heterocycles. The predicted molar refractivity (Wildman–Crippen MR) is 123 cm³/mol. The van der Waals surface area contributed by atoms with Gasteiger partial charge in [-0.1, -0.05) is 75.6 Å². The number of ether oxygens (including phenoxy) is 1. The summed E-state index contributed by atoms with van der Waals surface area (Å²) in [5, 5.41) is 0. The summed E-state index contributed by atoms with van der Waals surface area (Å²) in [7, 11) is 0. The summed E-state index contributed by atoms with van der Waals surface area (Å²) in [6, 6.07) is 16.0. The Morgan fingerprint density at radius 3 is 2.33 bits per heavy atom. The smallest absolute Gasteiger partial charge is 0.232 e. The Hall–Kier alpha value is -2.33. The summed E-state index contributed by atoms with van der Waals surface area (Å²) in [5.41, 5.74) is 8.25. The number of amides is 1. The molecule has 30 heavy (non-hydrogen) atoms. The van der Waals surface area contributed by atoms with Gasteiger partial charge in [0.1, 0.15) is 17.8 Å². The molecular weight excluding hydrogens is 372 g/mol. The van der Waals surface area contributed by atoms with Crippen LogP contribution in [0.1, 0.15) is 69.1 Å². The first kappa shape index (κ1) is 22.4. The Morgan fingerprint density at radius 1 is 0.933 bits per heavy atom. The van der Waals surface area contributed by atoms with Crippen LogP contribution in [0.3, 0.4) is 0 Å². The number of hydrogen-bond acceptors (Lipinski definition) is 3. The fourth-order valence-corrected chi connectivity index (χ4v) is 4.59. The van der Waals surface area contributed by atoms with Crippen molar-refractivity contribution in [3.8, 4) is 5.75 Å². The van der Waals surface area contributed by atoms with E-state index in [1.165, 1.54) is 32.1 Å². The van der Waals surface area contributed by atoms with Crippen LogP contribution in [0.25, 0.3) is 0 Å². The third-order valence-electron chi connectivity index (χ3n) is 6.34. The monoisotopic (exact) mass is 408 g/mol. The first-order chi connectivity index (χ1) is 14.6. The molecule has 2 aromatic carbocycles. The fraction of sp³-hybridized carbons (Fsp3) is 0.500. The second kappa shape index (κ2) is 10.6. The molecule has 1 unspecified atom stereocenters. The van der Waals surface area contributed by atoms with E-state index < -0.39 is 5.41 Å². The van der Waals surface area contributed by atoms with Crippen LogP contribution in [0.2, 0.25) is 0 Å². The van der Waals surface area contributed by atoms with E-state index in [9.17, 15) is 4.79 Å². The molecule has 2 aromatic rings. The van der Waals surface area contributed by atoms with Crippen LogP contribution in [0.5, 0.6) is 5.75 Å². The molecule has 3 rings (SSSR count). The van der Waals surface area contributed by atoms with Gasteiger partial charge in [-0.15, -0.1) is 0 Å². The molecule has 0 saturated carbocycles. The minimum Gasteiger partial charge on any atom is -0.489 e. The van der Waals surface area contributed by atoms with Gasteiger partial charge in [0, 0.05) is 5.56 Å². The average Bonchev–Trinajstić information content (AvgIpc) is 2.91. The van der Waals surface area contributed by atoms with Gasteiger partial charge in [-0.2, -0.15) is 0 Å². The largest absolute Gasteiger partial charge is 0.489 e. The van der Waals surface area contributed by atoms with Crippen molar-refractivity contribution in [1.82, 2.24) is 4.90 Å². The van der Waals surface area contributed by atoms with E-state index in [0.717, 1.165) is 42.1 Å². The minimum atomic E-state index is -0.876. The Morgan fingerprint density at radius 2 is 1.60 bits per heavy atom. The van der Waals surface area contributed by atoms with Crippen molar-refractivity contribution >= 4 is 5.91 Å². The molecule has 4 heteroatoms. The molecule has 1 aliphatic heterocycles. The summed E-state index contributed by atoms with van der Waals surface area (Å²) in [4.78, 5) is 15.7. The lowest BCUT2D eigenvalue weighted by Gasteiger charge is -2.34. The Balaban J connectivity index is 1.98. The molecule has 1 aliphatic rings. The number of unbranched alkanes of at least 4 members (excludes halogenated alkanes) is 3. The number of primary amides is 1. The molecule has 162 valence electrons. The van der Waals surface area contributed by atoms with E-state index in [4.69, 9.17) is 10.5 Å². The van der Waals surface area contributed by atoms with Gasteiger partial charge in [-0.3, -0.25) is 4.79 Å². The average molecular weight is 409 g/mol. The van der Waals surface area contributed by atoms with E-state index in [0.29, 0.717) is 13.0 Å². The van der Waals surface area contributed by atoms with Crippen LogP contribution in [-0.4, -0.2) is 30.4 Å². The van der Waals surface area contributed by atoms with Crippen LogP contribution in [0.4, 0.5) is 0 Å². The third-order valence-corrected chi connectivity index (χ3v) is 6.34. The molecule has 1 amide bonds. The number of benzene rings is 2. The Kier molecular flexibility index (Phi) is 7.92. The normalized spacial score (nSPS) is 17.7. The summed E-state index contributed by atoms with van der Waals surface area (Å²) in [6.07, 6.45) is 6.65. The van der Waals surface area contributed by atoms with Crippen LogP contribution < -0.4 is 10.5 Å². The molecule has 0 radical (unpaired) electrons. The maximum atomic E-state index is 13.2. The molecule has 0 bridgehead atoms. The first-order valence-electron chi connectivity index (χ1n) is 11.5. The predicted octanol–water partition coefficient (Wildman–Crippen LogP) is 5.03. The molecule has 0 saturated heterocycles. The van der Waals surface area contributed by atoms with Crippen LogP contribution in [-0.2, 0) is 16.8 Å². The van der Waals surface area contributed by atoms with E-state index in [1.54, 1.807) is 0 Å². The molecule has 0 fully saturated rings. The lowest BCUT2D eigenvalue weighted by molar-refractivity contribution is -0.122. The number of fused-ring (bicyclic) bond motifs is 2. The number of carbonyl (C=O) groups is 1. The quantitative estimate of drug-likeness (QED) is 0.530. The summed E-state index contributed by atoms with van der Waals surface area (Å²) < 4.78 is 6.11. The number of nitrogens with zero attached hydrogens (tertiary/aromatic N) is 1. The zero-order chi connectivity index (χ0) is 21.4. The van der Waals surface area contributed by atoms with Gasteiger partial charge in [0.05, 0.1) is 0 Å². The van der Waals surface area contributed by atoms with E-state index >= 15 is 0 Å². The highest BCUT2D eigenvalue weighted by atomic mass is 16.5. The highest BCUT2D eigenvalue weighted by Gasteiger charge is 2.45. The van der Waals surface area contributed by atoms with E-state index in [-0.39, 0.29) is 5.91 Å². The topological polar surface area (TPSA) is 55.6 Å². The number of carbonyl (C=O) groups excluding carboxylic acids is 1. The number of hydrogen-bond donors (Lipinski definition) is 1. The fourth-order valence-electron chi connectivity index (χ4n) is 4.59. The van der Waals surface area contributed by atoms with Gasteiger partial charge in [0.25, 0.3) is 0 Å².